The molecule has 12 heavy (non-hydrogen) atoms. The molecule has 0 bridgehead atoms. The van der Waals surface area contributed by atoms with Crippen LogP contribution < -0.4 is 0 Å². The van der Waals surface area contributed by atoms with Crippen LogP contribution in [0.1, 0.15) is 6.92 Å². The fraction of sp³-hybridized carbons (Fsp3) is 0.833. The third kappa shape index (κ3) is 8.45. The van der Waals surface area contributed by atoms with E-state index in [1.54, 1.807) is 0 Å². The van der Waals surface area contributed by atoms with E-state index in [0.29, 0.717) is 0 Å². The Bertz CT molecular complexity index is 116. The summed E-state index contributed by atoms with van der Waals surface area (Å²) in [4.78, 5) is 15.0. The van der Waals surface area contributed by atoms with Gasteiger partial charge in [0.1, 0.15) is 0 Å². The standard InChI is InChI=1S/C6H13NO4.Na.H/c1-6(10)11-7(2-4-8)3-5-9;;/h8-9H,2-5H2,1H3;;. The monoisotopic (exact) mass is 187 g/mol. The van der Waals surface area contributed by atoms with Crippen LogP contribution in [0.4, 0.5) is 0 Å². The summed E-state index contributed by atoms with van der Waals surface area (Å²) in [5, 5.41) is 18.1. The summed E-state index contributed by atoms with van der Waals surface area (Å²) in [6.07, 6.45) is 0. The molecule has 0 radical (unpaired) electrons. The van der Waals surface area contributed by atoms with Crippen LogP contribution in [-0.2, 0) is 9.63 Å². The molecule has 0 saturated heterocycles. The first-order valence-electron chi connectivity index (χ1n) is 3.36. The van der Waals surface area contributed by atoms with Gasteiger partial charge in [-0.2, -0.15) is 0 Å². The Morgan fingerprint density at radius 2 is 1.75 bits per heavy atom. The quantitative estimate of drug-likeness (QED) is 0.389. The molecule has 0 rings (SSSR count). The maximum atomic E-state index is 10.4. The van der Waals surface area contributed by atoms with Crippen LogP contribution in [0.25, 0.3) is 0 Å². The zero-order valence-electron chi connectivity index (χ0n) is 6.49. The molecule has 0 fully saturated rings. The SMILES string of the molecule is CC(=O)ON(CCO)CCO.[NaH]. The van der Waals surface area contributed by atoms with Crippen LogP contribution in [0.5, 0.6) is 0 Å². The molecule has 0 aromatic rings. The number of nitrogens with zero attached hydrogens (tertiary/aromatic N) is 1. The number of hydrogen-bond donors (Lipinski definition) is 2. The van der Waals surface area contributed by atoms with Crippen molar-refractivity contribution in [3.8, 4) is 0 Å². The van der Waals surface area contributed by atoms with Gasteiger partial charge in [-0.05, 0) is 0 Å². The molecule has 0 saturated carbocycles. The van der Waals surface area contributed by atoms with Crippen molar-refractivity contribution in [2.24, 2.45) is 0 Å². The number of hydrogen-bond acceptors (Lipinski definition) is 5. The van der Waals surface area contributed by atoms with Crippen LogP contribution >= 0.6 is 0 Å². The molecule has 0 aromatic carbocycles. The fourth-order valence-electron chi connectivity index (χ4n) is 0.608. The van der Waals surface area contributed by atoms with Gasteiger partial charge >= 0.3 is 35.5 Å². The molecule has 0 aliphatic heterocycles. The Morgan fingerprint density at radius 3 is 2.00 bits per heavy atom. The molecule has 0 amide bonds. The van der Waals surface area contributed by atoms with Gasteiger partial charge in [0.25, 0.3) is 0 Å². The molecule has 68 valence electrons. The van der Waals surface area contributed by atoms with Crippen molar-refractivity contribution in [3.05, 3.63) is 0 Å². The van der Waals surface area contributed by atoms with E-state index in [1.807, 2.05) is 0 Å². The normalized spacial score (nSPS) is 9.33. The maximum absolute atomic E-state index is 10.4. The van der Waals surface area contributed by atoms with E-state index in [9.17, 15) is 4.79 Å². The molecular weight excluding hydrogens is 173 g/mol. The summed E-state index contributed by atoms with van der Waals surface area (Å²) in [5.41, 5.74) is 0. The van der Waals surface area contributed by atoms with Crippen LogP contribution in [0.3, 0.4) is 0 Å². The second kappa shape index (κ2) is 9.44. The minimum atomic E-state index is -0.452. The zero-order valence-corrected chi connectivity index (χ0v) is 6.49. The van der Waals surface area contributed by atoms with Gasteiger partial charge in [0, 0.05) is 6.92 Å². The summed E-state index contributed by atoms with van der Waals surface area (Å²) < 4.78 is 0. The Morgan fingerprint density at radius 1 is 1.33 bits per heavy atom. The Labute approximate surface area is 93.6 Å². The van der Waals surface area contributed by atoms with Gasteiger partial charge in [-0.15, -0.1) is 5.06 Å². The molecular formula is C6H14NNaO4. The van der Waals surface area contributed by atoms with Crippen molar-refractivity contribution in [3.63, 3.8) is 0 Å². The second-order valence-electron chi connectivity index (χ2n) is 1.96. The van der Waals surface area contributed by atoms with Crippen molar-refractivity contribution in [2.45, 2.75) is 6.92 Å². The third-order valence-corrected chi connectivity index (χ3v) is 0.956. The molecule has 2 N–H and O–H groups in total. The van der Waals surface area contributed by atoms with Gasteiger partial charge in [0.15, 0.2) is 0 Å². The average molecular weight is 187 g/mol. The summed E-state index contributed by atoms with van der Waals surface area (Å²) in [7, 11) is 0. The molecule has 0 heterocycles. The molecule has 0 aliphatic carbocycles. The van der Waals surface area contributed by atoms with Crippen LogP contribution in [-0.4, -0.2) is 77.1 Å². The summed E-state index contributed by atoms with van der Waals surface area (Å²) in [6.45, 7) is 1.50. The molecule has 0 aliphatic rings. The van der Waals surface area contributed by atoms with Gasteiger partial charge < -0.3 is 15.1 Å². The number of aliphatic hydroxyl groups excluding tert-OH is 2. The number of hydroxylamine groups is 2. The van der Waals surface area contributed by atoms with Crippen LogP contribution in [0, 0.1) is 0 Å². The average Bonchev–Trinajstić information content (AvgIpc) is 1.87. The van der Waals surface area contributed by atoms with E-state index in [-0.39, 0.29) is 55.9 Å². The first-order valence-corrected chi connectivity index (χ1v) is 3.36. The van der Waals surface area contributed by atoms with Gasteiger partial charge in [-0.3, -0.25) is 4.79 Å². The molecule has 5 nitrogen and oxygen atoms in total. The molecule has 6 heteroatoms. The number of carbonyl (C=O) groups is 1. The Balaban J connectivity index is 0. The van der Waals surface area contributed by atoms with E-state index < -0.39 is 5.97 Å². The Kier molecular flexibility index (Phi) is 11.7. The van der Waals surface area contributed by atoms with Crippen molar-refractivity contribution in [1.29, 1.82) is 0 Å². The predicted molar refractivity (Wildman–Crippen MR) is 44.7 cm³/mol. The summed E-state index contributed by atoms with van der Waals surface area (Å²) in [6, 6.07) is 0. The van der Waals surface area contributed by atoms with E-state index in [4.69, 9.17) is 10.2 Å². The van der Waals surface area contributed by atoms with Gasteiger partial charge in [-0.1, -0.05) is 0 Å². The number of carbonyl (C=O) groups excluding carboxylic acids is 1. The molecule has 0 aromatic heterocycles. The van der Waals surface area contributed by atoms with Crippen LogP contribution in [0.15, 0.2) is 0 Å². The predicted octanol–water partition coefficient (Wildman–Crippen LogP) is -1.90. The third-order valence-electron chi connectivity index (χ3n) is 0.956. The number of aliphatic hydroxyl groups is 2. The van der Waals surface area contributed by atoms with E-state index >= 15 is 0 Å². The van der Waals surface area contributed by atoms with Crippen molar-refractivity contribution in [2.75, 3.05) is 26.3 Å². The Hall–Kier alpha value is 0.350. The van der Waals surface area contributed by atoms with Crippen molar-refractivity contribution < 1.29 is 19.8 Å². The summed E-state index contributed by atoms with van der Waals surface area (Å²) >= 11 is 0. The number of rotatable bonds is 5. The van der Waals surface area contributed by atoms with Crippen molar-refractivity contribution >= 4 is 35.5 Å². The van der Waals surface area contributed by atoms with E-state index in [0.717, 1.165) is 0 Å². The zero-order chi connectivity index (χ0) is 8.69. The summed E-state index contributed by atoms with van der Waals surface area (Å²) in [5.74, 6) is -0.452. The molecule has 0 atom stereocenters. The van der Waals surface area contributed by atoms with E-state index in [2.05, 4.69) is 4.84 Å². The van der Waals surface area contributed by atoms with Crippen LogP contribution in [0.2, 0.25) is 0 Å². The molecule has 0 unspecified atom stereocenters. The van der Waals surface area contributed by atoms with Gasteiger partial charge in [0.2, 0.25) is 0 Å². The fourth-order valence-corrected chi connectivity index (χ4v) is 0.608. The molecule has 0 spiro atoms. The first-order chi connectivity index (χ1) is 5.20. The minimum absolute atomic E-state index is 0. The topological polar surface area (TPSA) is 70.0 Å². The second-order valence-corrected chi connectivity index (χ2v) is 1.96. The van der Waals surface area contributed by atoms with Gasteiger partial charge in [-0.25, -0.2) is 0 Å². The van der Waals surface area contributed by atoms with E-state index in [1.165, 1.54) is 12.0 Å². The van der Waals surface area contributed by atoms with Gasteiger partial charge in [0.05, 0.1) is 26.3 Å². The van der Waals surface area contributed by atoms with Crippen molar-refractivity contribution in [1.82, 2.24) is 5.06 Å². The first kappa shape index (κ1) is 14.9.